The molecule has 2 aliphatic rings. The Bertz CT molecular complexity index is 326. The quantitative estimate of drug-likeness (QED) is 0.315. The number of aliphatic imine (C=N–C) groups is 1. The van der Waals surface area contributed by atoms with E-state index in [-0.39, 0.29) is 0 Å². The van der Waals surface area contributed by atoms with Gasteiger partial charge in [-0.15, -0.1) is 0 Å². The Labute approximate surface area is 130 Å². The van der Waals surface area contributed by atoms with E-state index in [0.717, 1.165) is 18.4 Å². The van der Waals surface area contributed by atoms with Crippen molar-refractivity contribution in [2.75, 3.05) is 6.54 Å². The smallest absolute Gasteiger partial charge is 0.205 e. The van der Waals surface area contributed by atoms with E-state index in [1.54, 1.807) is 0 Å². The topological polar surface area (TPSA) is 62.4 Å². The number of nitrogens with two attached hydrogens (primary N) is 1. The first-order valence-corrected chi connectivity index (χ1v) is 8.91. The predicted molar refractivity (Wildman–Crippen MR) is 90.0 cm³/mol. The lowest BCUT2D eigenvalue weighted by Crippen LogP contribution is -2.47. The molecule has 4 N–H and O–H groups in total. The van der Waals surface area contributed by atoms with E-state index in [2.05, 4.69) is 24.6 Å². The van der Waals surface area contributed by atoms with Crippen molar-refractivity contribution in [1.29, 1.82) is 0 Å². The molecule has 0 heterocycles. The van der Waals surface area contributed by atoms with E-state index in [1.165, 1.54) is 64.2 Å². The first kappa shape index (κ1) is 16.6. The van der Waals surface area contributed by atoms with Crippen molar-refractivity contribution in [3.63, 3.8) is 0 Å². The van der Waals surface area contributed by atoms with Gasteiger partial charge in [-0.2, -0.15) is 0 Å². The number of hydrazine groups is 1. The molecule has 0 aromatic heterocycles. The molecule has 4 heteroatoms. The third kappa shape index (κ3) is 5.17. The van der Waals surface area contributed by atoms with Gasteiger partial charge in [-0.3, -0.25) is 10.4 Å². The lowest BCUT2D eigenvalue weighted by molar-refractivity contribution is 0.245. The maximum Gasteiger partial charge on any atom is 0.205 e. The maximum absolute atomic E-state index is 5.68. The van der Waals surface area contributed by atoms with Crippen molar-refractivity contribution in [3.05, 3.63) is 0 Å². The summed E-state index contributed by atoms with van der Waals surface area (Å²) < 4.78 is 0. The zero-order chi connectivity index (χ0) is 15.1. The van der Waals surface area contributed by atoms with Gasteiger partial charge in [0.15, 0.2) is 0 Å². The highest BCUT2D eigenvalue weighted by molar-refractivity contribution is 5.79. The second-order valence-corrected chi connectivity index (χ2v) is 7.59. The van der Waals surface area contributed by atoms with Crippen LogP contribution < -0.4 is 16.6 Å². The van der Waals surface area contributed by atoms with Crippen LogP contribution in [0.2, 0.25) is 0 Å². The van der Waals surface area contributed by atoms with Gasteiger partial charge in [0, 0.05) is 12.6 Å². The minimum absolute atomic E-state index is 0.421. The lowest BCUT2D eigenvalue weighted by atomic mass is 9.78. The molecule has 2 fully saturated rings. The van der Waals surface area contributed by atoms with Crippen molar-refractivity contribution in [2.45, 2.75) is 84.1 Å². The van der Waals surface area contributed by atoms with Gasteiger partial charge in [0.2, 0.25) is 5.96 Å². The SMILES string of the molecule is CC(C)CC1(CN=C(NN)NC2CCCCC2)CCCC1. The van der Waals surface area contributed by atoms with Crippen LogP contribution in [0.4, 0.5) is 0 Å². The number of rotatable bonds is 5. The lowest BCUT2D eigenvalue weighted by Gasteiger charge is -2.30. The van der Waals surface area contributed by atoms with Crippen molar-refractivity contribution in [2.24, 2.45) is 22.2 Å². The summed E-state index contributed by atoms with van der Waals surface area (Å²) >= 11 is 0. The Morgan fingerprint density at radius 1 is 1.14 bits per heavy atom. The Morgan fingerprint density at radius 3 is 2.38 bits per heavy atom. The number of hydrogen-bond donors (Lipinski definition) is 3. The van der Waals surface area contributed by atoms with Gasteiger partial charge < -0.3 is 5.32 Å². The monoisotopic (exact) mass is 294 g/mol. The van der Waals surface area contributed by atoms with E-state index in [1.807, 2.05) is 0 Å². The van der Waals surface area contributed by atoms with Crippen molar-refractivity contribution < 1.29 is 0 Å². The van der Waals surface area contributed by atoms with Crippen LogP contribution in [-0.2, 0) is 0 Å². The summed E-state index contributed by atoms with van der Waals surface area (Å²) in [6.45, 7) is 5.57. The molecule has 0 bridgehead atoms. The van der Waals surface area contributed by atoms with Crippen LogP contribution in [0.1, 0.15) is 78.1 Å². The van der Waals surface area contributed by atoms with Crippen LogP contribution in [0.3, 0.4) is 0 Å². The van der Waals surface area contributed by atoms with Gasteiger partial charge in [0.05, 0.1) is 0 Å². The van der Waals surface area contributed by atoms with Crippen molar-refractivity contribution in [3.8, 4) is 0 Å². The molecule has 0 amide bonds. The van der Waals surface area contributed by atoms with Gasteiger partial charge in [-0.05, 0) is 43.4 Å². The molecule has 0 unspecified atom stereocenters. The molecular weight excluding hydrogens is 260 g/mol. The summed E-state index contributed by atoms with van der Waals surface area (Å²) in [5, 5.41) is 3.51. The third-order valence-corrected chi connectivity index (χ3v) is 5.16. The first-order chi connectivity index (χ1) is 10.1. The predicted octanol–water partition coefficient (Wildman–Crippen LogP) is 3.33. The molecule has 2 aliphatic carbocycles. The molecule has 0 aromatic carbocycles. The second kappa shape index (κ2) is 8.02. The number of nitrogens with zero attached hydrogens (tertiary/aromatic N) is 1. The second-order valence-electron chi connectivity index (χ2n) is 7.59. The summed E-state index contributed by atoms with van der Waals surface area (Å²) in [4.78, 5) is 4.81. The third-order valence-electron chi connectivity index (χ3n) is 5.16. The minimum atomic E-state index is 0.421. The van der Waals surface area contributed by atoms with Gasteiger partial charge >= 0.3 is 0 Å². The Balaban J connectivity index is 1.91. The molecule has 4 nitrogen and oxygen atoms in total. The van der Waals surface area contributed by atoms with Crippen LogP contribution in [-0.4, -0.2) is 18.5 Å². The summed E-state index contributed by atoms with van der Waals surface area (Å²) in [5.41, 5.74) is 3.20. The number of guanidine groups is 1. The Hall–Kier alpha value is -0.770. The molecule has 0 atom stereocenters. The summed E-state index contributed by atoms with van der Waals surface area (Å²) in [6.07, 6.45) is 13.2. The van der Waals surface area contributed by atoms with Crippen molar-refractivity contribution >= 4 is 5.96 Å². The molecular formula is C17H34N4. The highest BCUT2D eigenvalue weighted by Gasteiger charge is 2.34. The Morgan fingerprint density at radius 2 is 1.81 bits per heavy atom. The fourth-order valence-electron chi connectivity index (χ4n) is 4.24. The maximum atomic E-state index is 5.68. The van der Waals surface area contributed by atoms with Gasteiger partial charge in [0.1, 0.15) is 0 Å². The first-order valence-electron chi connectivity index (χ1n) is 8.91. The largest absolute Gasteiger partial charge is 0.353 e. The number of nitrogens with one attached hydrogen (secondary N) is 2. The molecule has 21 heavy (non-hydrogen) atoms. The highest BCUT2D eigenvalue weighted by Crippen LogP contribution is 2.43. The normalized spacial score (nSPS) is 23.5. The average Bonchev–Trinajstić information content (AvgIpc) is 2.92. The van der Waals surface area contributed by atoms with E-state index in [9.17, 15) is 0 Å². The molecule has 0 spiro atoms. The molecule has 2 rings (SSSR count). The van der Waals surface area contributed by atoms with Crippen molar-refractivity contribution in [1.82, 2.24) is 10.7 Å². The molecule has 0 saturated heterocycles. The van der Waals surface area contributed by atoms with Gasteiger partial charge in [-0.25, -0.2) is 5.84 Å². The average molecular weight is 294 g/mol. The zero-order valence-corrected chi connectivity index (χ0v) is 14.0. The fraction of sp³-hybridized carbons (Fsp3) is 0.941. The van der Waals surface area contributed by atoms with E-state index < -0.39 is 0 Å². The highest BCUT2D eigenvalue weighted by atomic mass is 15.3. The molecule has 2 saturated carbocycles. The fourth-order valence-corrected chi connectivity index (χ4v) is 4.24. The van der Waals surface area contributed by atoms with Crippen LogP contribution in [0, 0.1) is 11.3 Å². The summed E-state index contributed by atoms with van der Waals surface area (Å²) in [6, 6.07) is 0.554. The molecule has 122 valence electrons. The van der Waals surface area contributed by atoms with Crippen LogP contribution >= 0.6 is 0 Å². The molecule has 0 radical (unpaired) electrons. The summed E-state index contributed by atoms with van der Waals surface area (Å²) in [7, 11) is 0. The van der Waals surface area contributed by atoms with Crippen LogP contribution in [0.15, 0.2) is 4.99 Å². The van der Waals surface area contributed by atoms with E-state index >= 15 is 0 Å². The van der Waals surface area contributed by atoms with Crippen LogP contribution in [0.5, 0.6) is 0 Å². The summed E-state index contributed by atoms with van der Waals surface area (Å²) in [5.74, 6) is 7.23. The standard InChI is InChI=1S/C17H34N4/c1-14(2)12-17(10-6-7-11-17)13-19-16(21-18)20-15-8-4-3-5-9-15/h14-15H,3-13,18H2,1-2H3,(H2,19,20,21). The molecule has 0 aliphatic heterocycles. The number of hydrogen-bond acceptors (Lipinski definition) is 2. The van der Waals surface area contributed by atoms with Gasteiger partial charge in [0.25, 0.3) is 0 Å². The molecule has 0 aromatic rings. The minimum Gasteiger partial charge on any atom is -0.353 e. The van der Waals surface area contributed by atoms with E-state index in [0.29, 0.717) is 11.5 Å². The van der Waals surface area contributed by atoms with Crippen LogP contribution in [0.25, 0.3) is 0 Å². The Kier molecular flexibility index (Phi) is 6.34. The van der Waals surface area contributed by atoms with Gasteiger partial charge in [-0.1, -0.05) is 46.0 Å². The zero-order valence-electron chi connectivity index (χ0n) is 14.0. The van der Waals surface area contributed by atoms with E-state index in [4.69, 9.17) is 10.8 Å².